The van der Waals surface area contributed by atoms with Crippen LogP contribution in [0.3, 0.4) is 0 Å². The van der Waals surface area contributed by atoms with E-state index in [1.54, 1.807) is 36.4 Å². The molecule has 0 aromatic heterocycles. The summed E-state index contributed by atoms with van der Waals surface area (Å²) in [5, 5.41) is 2.97. The van der Waals surface area contributed by atoms with Crippen LogP contribution in [0.4, 0.5) is 10.1 Å². The van der Waals surface area contributed by atoms with E-state index in [4.69, 9.17) is 5.73 Å². The summed E-state index contributed by atoms with van der Waals surface area (Å²) in [6, 6.07) is 13.4. The van der Waals surface area contributed by atoms with Crippen LogP contribution in [-0.4, -0.2) is 5.91 Å². The average Bonchev–Trinajstić information content (AvgIpc) is 2.38. The van der Waals surface area contributed by atoms with Crippen LogP contribution in [0.5, 0.6) is 0 Å². The van der Waals surface area contributed by atoms with E-state index in [-0.39, 0.29) is 5.82 Å². The minimum atomic E-state index is -0.470. The molecular weight excluding hydrogens is 231 g/mol. The number of carbonyl (C=O) groups excluding carboxylic acids is 1. The van der Waals surface area contributed by atoms with Crippen LogP contribution in [0.15, 0.2) is 48.5 Å². The minimum absolute atomic E-state index is 0.302. The Morgan fingerprint density at radius 3 is 2.67 bits per heavy atom. The molecule has 18 heavy (non-hydrogen) atoms. The van der Waals surface area contributed by atoms with Crippen molar-refractivity contribution >= 4 is 11.6 Å². The number of amides is 1. The number of benzene rings is 2. The highest BCUT2D eigenvalue weighted by molar-refractivity contribution is 5.92. The summed E-state index contributed by atoms with van der Waals surface area (Å²) in [7, 11) is 0. The Morgan fingerprint density at radius 1 is 1.17 bits per heavy atom. The van der Waals surface area contributed by atoms with Gasteiger partial charge >= 0.3 is 0 Å². The summed E-state index contributed by atoms with van der Waals surface area (Å²) >= 11 is 0. The smallest absolute Gasteiger partial charge is 0.248 e. The van der Waals surface area contributed by atoms with Crippen LogP contribution in [-0.2, 0) is 6.54 Å². The lowest BCUT2D eigenvalue weighted by molar-refractivity contribution is 0.1000. The van der Waals surface area contributed by atoms with E-state index < -0.39 is 5.91 Å². The lowest BCUT2D eigenvalue weighted by Crippen LogP contribution is -2.11. The van der Waals surface area contributed by atoms with Gasteiger partial charge in [0.15, 0.2) is 0 Å². The second-order valence-electron chi connectivity index (χ2n) is 3.90. The Hall–Kier alpha value is -2.36. The van der Waals surface area contributed by atoms with Crippen molar-refractivity contribution in [2.45, 2.75) is 6.54 Å². The summed E-state index contributed by atoms with van der Waals surface area (Å²) < 4.78 is 13.4. The fourth-order valence-corrected chi connectivity index (χ4v) is 1.64. The number of carbonyl (C=O) groups is 1. The quantitative estimate of drug-likeness (QED) is 0.868. The first-order chi connectivity index (χ1) is 8.66. The van der Waals surface area contributed by atoms with Crippen LogP contribution >= 0.6 is 0 Å². The van der Waals surface area contributed by atoms with Crippen molar-refractivity contribution < 1.29 is 9.18 Å². The molecule has 92 valence electrons. The standard InChI is InChI=1S/C14H13FN2O/c15-12-6-1-2-7-13(12)17-9-10-4-3-5-11(8-10)14(16)18/h1-8,17H,9H2,(H2,16,18). The Morgan fingerprint density at radius 2 is 1.94 bits per heavy atom. The lowest BCUT2D eigenvalue weighted by Gasteiger charge is -2.08. The molecule has 2 aromatic rings. The Kier molecular flexibility index (Phi) is 3.57. The number of nitrogens with two attached hydrogens (primary N) is 1. The van der Waals surface area contributed by atoms with E-state index in [1.807, 2.05) is 6.07 Å². The van der Waals surface area contributed by atoms with Gasteiger partial charge in [0.2, 0.25) is 5.91 Å². The molecule has 1 amide bonds. The monoisotopic (exact) mass is 244 g/mol. The van der Waals surface area contributed by atoms with Gasteiger partial charge in [-0.2, -0.15) is 0 Å². The van der Waals surface area contributed by atoms with E-state index >= 15 is 0 Å². The normalized spacial score (nSPS) is 10.1. The number of halogens is 1. The predicted molar refractivity (Wildman–Crippen MR) is 68.7 cm³/mol. The van der Waals surface area contributed by atoms with Crippen molar-refractivity contribution in [2.75, 3.05) is 5.32 Å². The highest BCUT2D eigenvalue weighted by atomic mass is 19.1. The van der Waals surface area contributed by atoms with Crippen molar-refractivity contribution in [2.24, 2.45) is 5.73 Å². The molecule has 0 saturated carbocycles. The van der Waals surface area contributed by atoms with Gasteiger partial charge in [0.05, 0.1) is 5.69 Å². The van der Waals surface area contributed by atoms with E-state index in [0.29, 0.717) is 17.8 Å². The highest BCUT2D eigenvalue weighted by Gasteiger charge is 2.03. The first kappa shape index (κ1) is 12.1. The van der Waals surface area contributed by atoms with E-state index in [2.05, 4.69) is 5.32 Å². The maximum absolute atomic E-state index is 13.4. The lowest BCUT2D eigenvalue weighted by atomic mass is 10.1. The highest BCUT2D eigenvalue weighted by Crippen LogP contribution is 2.14. The van der Waals surface area contributed by atoms with Gasteiger partial charge in [0.25, 0.3) is 0 Å². The van der Waals surface area contributed by atoms with E-state index in [9.17, 15) is 9.18 Å². The van der Waals surface area contributed by atoms with Gasteiger partial charge < -0.3 is 11.1 Å². The summed E-state index contributed by atoms with van der Waals surface area (Å²) in [6.45, 7) is 0.433. The third kappa shape index (κ3) is 2.85. The van der Waals surface area contributed by atoms with Crippen LogP contribution in [0.25, 0.3) is 0 Å². The number of hydrogen-bond donors (Lipinski definition) is 2. The van der Waals surface area contributed by atoms with Gasteiger partial charge in [-0.3, -0.25) is 4.79 Å². The molecule has 2 rings (SSSR count). The topological polar surface area (TPSA) is 55.1 Å². The van der Waals surface area contributed by atoms with Gasteiger partial charge in [-0.25, -0.2) is 4.39 Å². The molecule has 4 heteroatoms. The molecule has 0 aliphatic heterocycles. The fraction of sp³-hybridized carbons (Fsp3) is 0.0714. The van der Waals surface area contributed by atoms with Crippen LogP contribution in [0, 0.1) is 5.82 Å². The van der Waals surface area contributed by atoms with Gasteiger partial charge in [0, 0.05) is 12.1 Å². The molecule has 0 heterocycles. The molecule has 0 radical (unpaired) electrons. The zero-order valence-electron chi connectivity index (χ0n) is 9.69. The summed E-state index contributed by atoms with van der Waals surface area (Å²) in [4.78, 5) is 11.0. The Labute approximate surface area is 104 Å². The first-order valence-corrected chi connectivity index (χ1v) is 5.54. The SMILES string of the molecule is NC(=O)c1cccc(CNc2ccccc2F)c1. The van der Waals surface area contributed by atoms with Gasteiger partial charge in [-0.1, -0.05) is 24.3 Å². The van der Waals surface area contributed by atoms with E-state index in [1.165, 1.54) is 6.07 Å². The van der Waals surface area contributed by atoms with Crippen molar-refractivity contribution in [3.63, 3.8) is 0 Å². The number of hydrogen-bond acceptors (Lipinski definition) is 2. The van der Waals surface area contributed by atoms with Crippen molar-refractivity contribution in [3.05, 3.63) is 65.5 Å². The third-order valence-corrected chi connectivity index (χ3v) is 2.57. The van der Waals surface area contributed by atoms with Crippen LogP contribution in [0.2, 0.25) is 0 Å². The molecule has 0 atom stereocenters. The van der Waals surface area contributed by atoms with Crippen LogP contribution < -0.4 is 11.1 Å². The molecule has 0 aliphatic carbocycles. The third-order valence-electron chi connectivity index (χ3n) is 2.57. The first-order valence-electron chi connectivity index (χ1n) is 5.54. The molecule has 3 N–H and O–H groups in total. The molecule has 0 saturated heterocycles. The second kappa shape index (κ2) is 5.31. The van der Waals surface area contributed by atoms with Crippen LogP contribution in [0.1, 0.15) is 15.9 Å². The second-order valence-corrected chi connectivity index (χ2v) is 3.90. The van der Waals surface area contributed by atoms with E-state index in [0.717, 1.165) is 5.56 Å². The Balaban J connectivity index is 2.09. The maximum Gasteiger partial charge on any atom is 0.248 e. The molecule has 3 nitrogen and oxygen atoms in total. The number of primary amides is 1. The zero-order chi connectivity index (χ0) is 13.0. The molecule has 0 bridgehead atoms. The number of para-hydroxylation sites is 1. The molecule has 2 aromatic carbocycles. The number of nitrogens with one attached hydrogen (secondary N) is 1. The number of rotatable bonds is 4. The van der Waals surface area contributed by atoms with Gasteiger partial charge in [0.1, 0.15) is 5.82 Å². The molecule has 0 spiro atoms. The predicted octanol–water partition coefficient (Wildman–Crippen LogP) is 2.54. The fourth-order valence-electron chi connectivity index (χ4n) is 1.64. The number of anilines is 1. The summed E-state index contributed by atoms with van der Waals surface area (Å²) in [5.74, 6) is -0.772. The molecular formula is C14H13FN2O. The van der Waals surface area contributed by atoms with Gasteiger partial charge in [-0.05, 0) is 29.8 Å². The summed E-state index contributed by atoms with van der Waals surface area (Å²) in [6.07, 6.45) is 0. The molecule has 0 aliphatic rings. The largest absolute Gasteiger partial charge is 0.379 e. The summed E-state index contributed by atoms with van der Waals surface area (Å²) in [5.41, 5.74) is 6.94. The minimum Gasteiger partial charge on any atom is -0.379 e. The maximum atomic E-state index is 13.4. The van der Waals surface area contributed by atoms with Crippen molar-refractivity contribution in [3.8, 4) is 0 Å². The van der Waals surface area contributed by atoms with Gasteiger partial charge in [-0.15, -0.1) is 0 Å². The zero-order valence-corrected chi connectivity index (χ0v) is 9.69. The molecule has 0 unspecified atom stereocenters. The molecule has 0 fully saturated rings. The Bertz CT molecular complexity index is 569. The average molecular weight is 244 g/mol. The van der Waals surface area contributed by atoms with Crippen molar-refractivity contribution in [1.29, 1.82) is 0 Å². The van der Waals surface area contributed by atoms with Crippen molar-refractivity contribution in [1.82, 2.24) is 0 Å².